The Bertz CT molecular complexity index is 726. The zero-order valence-electron chi connectivity index (χ0n) is 14.6. The van der Waals surface area contributed by atoms with Gasteiger partial charge in [-0.25, -0.2) is 4.98 Å². The summed E-state index contributed by atoms with van der Waals surface area (Å²) < 4.78 is 5.86. The molecule has 0 spiro atoms. The molecular weight excluding hydrogens is 372 g/mol. The number of thiazole rings is 1. The van der Waals surface area contributed by atoms with Crippen molar-refractivity contribution in [1.29, 1.82) is 0 Å². The first-order valence-electron chi connectivity index (χ1n) is 8.13. The van der Waals surface area contributed by atoms with Gasteiger partial charge in [0.05, 0.1) is 12.3 Å². The van der Waals surface area contributed by atoms with Crippen LogP contribution in [0.4, 0.5) is 5.13 Å². The summed E-state index contributed by atoms with van der Waals surface area (Å²) in [5.41, 5.74) is 2.74. The molecule has 1 aromatic heterocycles. The number of ether oxygens (including phenoxy) is 1. The minimum absolute atomic E-state index is 0.127. The van der Waals surface area contributed by atoms with Crippen molar-refractivity contribution in [3.05, 3.63) is 46.0 Å². The van der Waals surface area contributed by atoms with Crippen LogP contribution in [0.2, 0.25) is 0 Å². The van der Waals surface area contributed by atoms with Gasteiger partial charge in [0.1, 0.15) is 0 Å². The number of aryl methyl sites for hydroxylation is 3. The number of thiocarbonyl (C=S) groups is 1. The Balaban J connectivity index is 1.85. The minimum Gasteiger partial charge on any atom is -0.479 e. The Morgan fingerprint density at radius 1 is 1.32 bits per heavy atom. The third kappa shape index (κ3) is 6.41. The van der Waals surface area contributed by atoms with E-state index in [1.165, 1.54) is 16.2 Å². The normalized spacial score (nSPS) is 10.5. The molecule has 1 heterocycles. The van der Waals surface area contributed by atoms with Gasteiger partial charge in [-0.05, 0) is 58.0 Å². The highest BCUT2D eigenvalue weighted by Crippen LogP contribution is 2.25. The van der Waals surface area contributed by atoms with Gasteiger partial charge in [-0.15, -0.1) is 11.3 Å². The molecule has 0 unspecified atom stereocenters. The highest BCUT2D eigenvalue weighted by Gasteiger charge is 2.12. The van der Waals surface area contributed by atoms with Gasteiger partial charge in [-0.1, -0.05) is 29.5 Å². The molecule has 0 saturated heterocycles. The van der Waals surface area contributed by atoms with Crippen LogP contribution in [0, 0.1) is 13.8 Å². The molecule has 134 valence electrons. The molecule has 0 atom stereocenters. The highest BCUT2D eigenvalue weighted by molar-refractivity contribution is 8.22. The second kappa shape index (κ2) is 9.89. The van der Waals surface area contributed by atoms with Crippen LogP contribution in [0.3, 0.4) is 0 Å². The van der Waals surface area contributed by atoms with Crippen molar-refractivity contribution in [2.24, 2.45) is 0 Å². The number of hydrogen-bond acceptors (Lipinski definition) is 6. The van der Waals surface area contributed by atoms with E-state index in [0.717, 1.165) is 29.9 Å². The minimum atomic E-state index is -0.127. The lowest BCUT2D eigenvalue weighted by molar-refractivity contribution is 0.102. The van der Waals surface area contributed by atoms with Crippen LogP contribution in [0.5, 0.6) is 0 Å². The zero-order valence-corrected chi connectivity index (χ0v) is 17.1. The van der Waals surface area contributed by atoms with Crippen molar-refractivity contribution < 1.29 is 9.53 Å². The van der Waals surface area contributed by atoms with Crippen LogP contribution in [0.25, 0.3) is 0 Å². The second-order valence-corrected chi connectivity index (χ2v) is 8.26. The third-order valence-corrected chi connectivity index (χ3v) is 5.91. The lowest BCUT2D eigenvalue weighted by Gasteiger charge is -2.03. The predicted molar refractivity (Wildman–Crippen MR) is 111 cm³/mol. The number of rotatable bonds is 7. The zero-order chi connectivity index (χ0) is 18.2. The van der Waals surface area contributed by atoms with Crippen molar-refractivity contribution in [1.82, 2.24) is 4.98 Å². The molecular formula is C18H22N2O2S3. The summed E-state index contributed by atoms with van der Waals surface area (Å²) in [6.07, 6.45) is 1.91. The Morgan fingerprint density at radius 3 is 2.72 bits per heavy atom. The van der Waals surface area contributed by atoms with E-state index in [1.807, 2.05) is 45.0 Å². The summed E-state index contributed by atoms with van der Waals surface area (Å²) in [7, 11) is 0. The van der Waals surface area contributed by atoms with Gasteiger partial charge in [-0.3, -0.25) is 10.1 Å². The van der Waals surface area contributed by atoms with Gasteiger partial charge in [-0.2, -0.15) is 0 Å². The van der Waals surface area contributed by atoms with Crippen LogP contribution in [0.1, 0.15) is 39.8 Å². The van der Waals surface area contributed by atoms with Crippen molar-refractivity contribution >= 4 is 50.7 Å². The van der Waals surface area contributed by atoms with Crippen molar-refractivity contribution in [2.45, 2.75) is 33.6 Å². The van der Waals surface area contributed by atoms with Gasteiger partial charge in [0.25, 0.3) is 5.91 Å². The van der Waals surface area contributed by atoms with E-state index in [-0.39, 0.29) is 5.91 Å². The van der Waals surface area contributed by atoms with Gasteiger partial charge >= 0.3 is 0 Å². The van der Waals surface area contributed by atoms with E-state index in [1.54, 1.807) is 11.8 Å². The maximum Gasteiger partial charge on any atom is 0.257 e. The predicted octanol–water partition coefficient (Wildman–Crippen LogP) is 5.00. The molecule has 0 aliphatic rings. The number of thioether (sulfide) groups is 1. The molecule has 0 saturated carbocycles. The number of benzene rings is 1. The van der Waals surface area contributed by atoms with Crippen molar-refractivity contribution in [2.75, 3.05) is 17.7 Å². The number of aromatic nitrogens is 1. The maximum atomic E-state index is 12.3. The number of carbonyl (C=O) groups is 1. The number of nitrogens with zero attached hydrogens (tertiary/aromatic N) is 1. The Hall–Kier alpha value is -1.44. The third-order valence-electron chi connectivity index (χ3n) is 3.46. The molecule has 4 nitrogen and oxygen atoms in total. The van der Waals surface area contributed by atoms with Crippen LogP contribution >= 0.6 is 35.3 Å². The number of nitrogens with one attached hydrogen (secondary N) is 1. The Labute approximate surface area is 162 Å². The first-order valence-corrected chi connectivity index (χ1v) is 10.3. The van der Waals surface area contributed by atoms with Crippen LogP contribution < -0.4 is 5.32 Å². The maximum absolute atomic E-state index is 12.3. The summed E-state index contributed by atoms with van der Waals surface area (Å²) in [4.78, 5) is 17.9. The van der Waals surface area contributed by atoms with E-state index in [0.29, 0.717) is 21.7 Å². The van der Waals surface area contributed by atoms with Crippen LogP contribution in [-0.2, 0) is 11.2 Å². The summed E-state index contributed by atoms with van der Waals surface area (Å²) in [6, 6.07) is 7.50. The average Bonchev–Trinajstić information content (AvgIpc) is 2.92. The quantitative estimate of drug-likeness (QED) is 0.529. The van der Waals surface area contributed by atoms with E-state index in [9.17, 15) is 4.79 Å². The summed E-state index contributed by atoms with van der Waals surface area (Å²) >= 11 is 8.20. The van der Waals surface area contributed by atoms with Gasteiger partial charge in [0, 0.05) is 16.2 Å². The molecule has 0 aliphatic heterocycles. The largest absolute Gasteiger partial charge is 0.479 e. The molecule has 7 heteroatoms. The van der Waals surface area contributed by atoms with E-state index >= 15 is 0 Å². The fourth-order valence-corrected chi connectivity index (χ4v) is 4.16. The fraction of sp³-hybridized carbons (Fsp3) is 0.389. The molecule has 0 fully saturated rings. The standard InChI is InChI=1S/C18H22N2O2S3/c1-4-22-18(23)24-11-5-6-15-13(3)19-17(25-15)20-16(21)14-9-7-12(2)8-10-14/h7-10H,4-6,11H2,1-3H3,(H,19,20,21). The molecule has 1 N–H and O–H groups in total. The molecule has 0 bridgehead atoms. The average molecular weight is 395 g/mol. The first kappa shape index (κ1) is 19.9. The molecule has 1 aromatic carbocycles. The highest BCUT2D eigenvalue weighted by atomic mass is 32.2. The van der Waals surface area contributed by atoms with Crippen molar-refractivity contribution in [3.8, 4) is 0 Å². The smallest absolute Gasteiger partial charge is 0.257 e. The number of anilines is 1. The number of carbonyl (C=O) groups excluding carboxylic acids is 1. The summed E-state index contributed by atoms with van der Waals surface area (Å²) in [5.74, 6) is 0.791. The monoisotopic (exact) mass is 394 g/mol. The molecule has 1 amide bonds. The lowest BCUT2D eigenvalue weighted by Crippen LogP contribution is -2.11. The van der Waals surface area contributed by atoms with E-state index in [4.69, 9.17) is 17.0 Å². The second-order valence-electron chi connectivity index (χ2n) is 5.48. The topological polar surface area (TPSA) is 51.2 Å². The summed E-state index contributed by atoms with van der Waals surface area (Å²) in [6.45, 7) is 6.52. The molecule has 2 rings (SSSR count). The molecule has 2 aromatic rings. The van der Waals surface area contributed by atoms with Crippen molar-refractivity contribution in [3.63, 3.8) is 0 Å². The van der Waals surface area contributed by atoms with Crippen LogP contribution in [-0.4, -0.2) is 27.6 Å². The first-order chi connectivity index (χ1) is 12.0. The van der Waals surface area contributed by atoms with Gasteiger partial charge in [0.2, 0.25) is 4.38 Å². The van der Waals surface area contributed by atoms with Crippen LogP contribution in [0.15, 0.2) is 24.3 Å². The Morgan fingerprint density at radius 2 is 2.04 bits per heavy atom. The fourth-order valence-electron chi connectivity index (χ4n) is 2.14. The molecule has 25 heavy (non-hydrogen) atoms. The lowest BCUT2D eigenvalue weighted by atomic mass is 10.1. The number of amides is 1. The van der Waals surface area contributed by atoms with E-state index < -0.39 is 0 Å². The van der Waals surface area contributed by atoms with Gasteiger partial charge in [0.15, 0.2) is 5.13 Å². The Kier molecular flexibility index (Phi) is 7.87. The van der Waals surface area contributed by atoms with E-state index in [2.05, 4.69) is 10.3 Å². The van der Waals surface area contributed by atoms with Gasteiger partial charge < -0.3 is 4.74 Å². The molecule has 0 aliphatic carbocycles. The summed E-state index contributed by atoms with van der Waals surface area (Å²) in [5, 5.41) is 3.54. The molecule has 0 radical (unpaired) electrons. The SMILES string of the molecule is CCOC(=S)SCCCc1sc(NC(=O)c2ccc(C)cc2)nc1C. The number of hydrogen-bond donors (Lipinski definition) is 1.